The van der Waals surface area contributed by atoms with E-state index in [9.17, 15) is 4.79 Å². The predicted octanol–water partition coefficient (Wildman–Crippen LogP) is 3.63. The molecule has 4 heteroatoms. The molecule has 1 N–H and O–H groups in total. The van der Waals surface area contributed by atoms with Gasteiger partial charge in [0.15, 0.2) is 0 Å². The molecule has 0 aromatic heterocycles. The molecule has 0 aliphatic carbocycles. The molecule has 0 fully saturated rings. The minimum absolute atomic E-state index is 0.00129. The van der Waals surface area contributed by atoms with E-state index in [2.05, 4.69) is 28.2 Å². The van der Waals surface area contributed by atoms with Gasteiger partial charge in [-0.2, -0.15) is 11.8 Å². The molecule has 0 aliphatic heterocycles. The normalized spacial score (nSPS) is 12.2. The summed E-state index contributed by atoms with van der Waals surface area (Å²) in [5, 5.41) is 3.00. The van der Waals surface area contributed by atoms with Gasteiger partial charge in [-0.1, -0.05) is 22.9 Å². The molecule has 0 saturated carbocycles. The number of thioether (sulfide) groups is 1. The molecule has 0 spiro atoms. The number of amides is 1. The largest absolute Gasteiger partial charge is 0.349 e. The zero-order valence-corrected chi connectivity index (χ0v) is 12.8. The van der Waals surface area contributed by atoms with Crippen molar-refractivity contribution in [1.29, 1.82) is 0 Å². The smallest absolute Gasteiger partial charge is 0.251 e. The van der Waals surface area contributed by atoms with Gasteiger partial charge in [-0.25, -0.2) is 0 Å². The maximum Gasteiger partial charge on any atom is 0.251 e. The summed E-state index contributed by atoms with van der Waals surface area (Å²) in [5.41, 5.74) is 1.80. The second kappa shape index (κ2) is 7.07. The highest BCUT2D eigenvalue weighted by Gasteiger charge is 2.10. The molecule has 1 amide bonds. The van der Waals surface area contributed by atoms with Crippen molar-refractivity contribution in [3.05, 3.63) is 33.8 Å². The standard InChI is InChI=1S/C13H18BrNOS/c1-4-17-8-10(3)15-13(16)11-5-9(2)6-12(14)7-11/h5-7,10H,4,8H2,1-3H3,(H,15,16). The zero-order chi connectivity index (χ0) is 12.8. The van der Waals surface area contributed by atoms with Crippen molar-refractivity contribution in [2.75, 3.05) is 11.5 Å². The molecule has 17 heavy (non-hydrogen) atoms. The highest BCUT2D eigenvalue weighted by molar-refractivity contribution is 9.10. The Labute approximate surface area is 116 Å². The second-order valence-corrected chi connectivity index (χ2v) is 6.29. The van der Waals surface area contributed by atoms with Crippen molar-refractivity contribution in [2.45, 2.75) is 26.8 Å². The van der Waals surface area contributed by atoms with Crippen LogP contribution in [0.25, 0.3) is 0 Å². The van der Waals surface area contributed by atoms with Crippen LogP contribution in [0.3, 0.4) is 0 Å². The number of carbonyl (C=O) groups is 1. The molecule has 2 nitrogen and oxygen atoms in total. The lowest BCUT2D eigenvalue weighted by atomic mass is 10.1. The van der Waals surface area contributed by atoms with Gasteiger partial charge in [-0.15, -0.1) is 0 Å². The SMILES string of the molecule is CCSCC(C)NC(=O)c1cc(C)cc(Br)c1. The zero-order valence-electron chi connectivity index (χ0n) is 10.4. The Hall–Kier alpha value is -0.480. The van der Waals surface area contributed by atoms with Gasteiger partial charge in [0.05, 0.1) is 0 Å². The van der Waals surface area contributed by atoms with Crippen LogP contribution in [0.15, 0.2) is 22.7 Å². The molecule has 94 valence electrons. The van der Waals surface area contributed by atoms with Crippen molar-refractivity contribution in [3.8, 4) is 0 Å². The van der Waals surface area contributed by atoms with Gasteiger partial charge in [0, 0.05) is 21.8 Å². The minimum Gasteiger partial charge on any atom is -0.349 e. The van der Waals surface area contributed by atoms with E-state index in [-0.39, 0.29) is 11.9 Å². The lowest BCUT2D eigenvalue weighted by Crippen LogP contribution is -2.34. The van der Waals surface area contributed by atoms with Crippen LogP contribution >= 0.6 is 27.7 Å². The minimum atomic E-state index is -0.00129. The fourth-order valence-electron chi connectivity index (χ4n) is 1.51. The van der Waals surface area contributed by atoms with Gasteiger partial charge >= 0.3 is 0 Å². The van der Waals surface area contributed by atoms with E-state index in [0.717, 1.165) is 21.5 Å². The van der Waals surface area contributed by atoms with Gasteiger partial charge in [-0.05, 0) is 43.4 Å². The van der Waals surface area contributed by atoms with Crippen LogP contribution in [0.1, 0.15) is 29.8 Å². The fourth-order valence-corrected chi connectivity index (χ4v) is 2.79. The quantitative estimate of drug-likeness (QED) is 0.899. The number of benzene rings is 1. The fraction of sp³-hybridized carbons (Fsp3) is 0.462. The van der Waals surface area contributed by atoms with E-state index in [0.29, 0.717) is 5.56 Å². The molecule has 1 atom stereocenters. The summed E-state index contributed by atoms with van der Waals surface area (Å²) in [5.74, 6) is 2.03. The van der Waals surface area contributed by atoms with E-state index in [4.69, 9.17) is 0 Å². The van der Waals surface area contributed by atoms with Crippen molar-refractivity contribution < 1.29 is 4.79 Å². The van der Waals surface area contributed by atoms with Gasteiger partial charge in [-0.3, -0.25) is 4.79 Å². The summed E-state index contributed by atoms with van der Waals surface area (Å²) >= 11 is 5.24. The number of halogens is 1. The Bertz CT molecular complexity index is 375. The Kier molecular flexibility index (Phi) is 6.06. The molecular weight excluding hydrogens is 298 g/mol. The van der Waals surface area contributed by atoms with Crippen molar-refractivity contribution in [1.82, 2.24) is 5.32 Å². The molecule has 1 rings (SSSR count). The van der Waals surface area contributed by atoms with Crippen LogP contribution < -0.4 is 5.32 Å². The summed E-state index contributed by atoms with van der Waals surface area (Å²) in [7, 11) is 0. The highest BCUT2D eigenvalue weighted by Crippen LogP contribution is 2.15. The molecule has 0 aliphatic rings. The van der Waals surface area contributed by atoms with Crippen LogP contribution in [-0.4, -0.2) is 23.5 Å². The van der Waals surface area contributed by atoms with Gasteiger partial charge in [0.1, 0.15) is 0 Å². The molecule has 1 unspecified atom stereocenters. The second-order valence-electron chi connectivity index (χ2n) is 4.05. The average molecular weight is 316 g/mol. The summed E-state index contributed by atoms with van der Waals surface area (Å²) in [6.45, 7) is 6.14. The Morgan fingerprint density at radius 1 is 1.47 bits per heavy atom. The summed E-state index contributed by atoms with van der Waals surface area (Å²) in [4.78, 5) is 12.0. The lowest BCUT2D eigenvalue weighted by Gasteiger charge is -2.13. The molecule has 0 bridgehead atoms. The summed E-state index contributed by atoms with van der Waals surface area (Å²) in [6.07, 6.45) is 0. The van der Waals surface area contributed by atoms with Crippen LogP contribution in [-0.2, 0) is 0 Å². The van der Waals surface area contributed by atoms with Gasteiger partial charge in [0.25, 0.3) is 5.91 Å². The van der Waals surface area contributed by atoms with Crippen LogP contribution in [0, 0.1) is 6.92 Å². The third kappa shape index (κ3) is 5.13. The summed E-state index contributed by atoms with van der Waals surface area (Å²) in [6, 6.07) is 5.95. The third-order valence-corrected chi connectivity index (χ3v) is 3.86. The van der Waals surface area contributed by atoms with Crippen molar-refractivity contribution in [2.24, 2.45) is 0 Å². The maximum absolute atomic E-state index is 12.0. The number of rotatable bonds is 5. The first kappa shape index (κ1) is 14.6. The molecule has 0 radical (unpaired) electrons. The van der Waals surface area contributed by atoms with E-state index < -0.39 is 0 Å². The topological polar surface area (TPSA) is 29.1 Å². The lowest BCUT2D eigenvalue weighted by molar-refractivity contribution is 0.0943. The Balaban J connectivity index is 2.63. The van der Waals surface area contributed by atoms with Crippen molar-refractivity contribution >= 4 is 33.6 Å². The number of carbonyl (C=O) groups excluding carboxylic acids is 1. The monoisotopic (exact) mass is 315 g/mol. The first-order valence-corrected chi connectivity index (χ1v) is 7.63. The molecule has 1 aromatic rings. The highest BCUT2D eigenvalue weighted by atomic mass is 79.9. The first-order valence-electron chi connectivity index (χ1n) is 5.68. The van der Waals surface area contributed by atoms with E-state index in [1.54, 1.807) is 0 Å². The Morgan fingerprint density at radius 2 is 2.18 bits per heavy atom. The molecular formula is C13H18BrNOS. The van der Waals surface area contributed by atoms with E-state index >= 15 is 0 Å². The molecule has 0 saturated heterocycles. The van der Waals surface area contributed by atoms with Crippen LogP contribution in [0.5, 0.6) is 0 Å². The average Bonchev–Trinajstić information content (AvgIpc) is 2.25. The number of hydrogen-bond acceptors (Lipinski definition) is 2. The predicted molar refractivity (Wildman–Crippen MR) is 78.8 cm³/mol. The van der Waals surface area contributed by atoms with Crippen molar-refractivity contribution in [3.63, 3.8) is 0 Å². The number of aryl methyl sites for hydroxylation is 1. The van der Waals surface area contributed by atoms with E-state index in [1.807, 2.05) is 43.8 Å². The van der Waals surface area contributed by atoms with Gasteiger partial charge in [0.2, 0.25) is 0 Å². The molecule has 0 heterocycles. The van der Waals surface area contributed by atoms with Crippen LogP contribution in [0.4, 0.5) is 0 Å². The summed E-state index contributed by atoms with van der Waals surface area (Å²) < 4.78 is 0.943. The maximum atomic E-state index is 12.0. The number of hydrogen-bond donors (Lipinski definition) is 1. The van der Waals surface area contributed by atoms with Gasteiger partial charge < -0.3 is 5.32 Å². The third-order valence-electron chi connectivity index (χ3n) is 2.25. The van der Waals surface area contributed by atoms with Crippen LogP contribution in [0.2, 0.25) is 0 Å². The number of nitrogens with one attached hydrogen (secondary N) is 1. The first-order chi connectivity index (χ1) is 8.02. The Morgan fingerprint density at radius 3 is 2.76 bits per heavy atom. The molecule has 1 aromatic carbocycles. The van der Waals surface area contributed by atoms with E-state index in [1.165, 1.54) is 0 Å².